The van der Waals surface area contributed by atoms with Crippen LogP contribution in [0.3, 0.4) is 0 Å². The number of ether oxygens (including phenoxy) is 2. The highest BCUT2D eigenvalue weighted by molar-refractivity contribution is 5.78. The lowest BCUT2D eigenvalue weighted by atomic mass is 9.92. The number of benzene rings is 2. The fourth-order valence-electron chi connectivity index (χ4n) is 5.01. The molecule has 0 bridgehead atoms. The lowest BCUT2D eigenvalue weighted by Gasteiger charge is -2.40. The number of piperidine rings is 1. The van der Waals surface area contributed by atoms with E-state index in [2.05, 4.69) is 10.4 Å². The predicted octanol–water partition coefficient (Wildman–Crippen LogP) is 4.42. The topological polar surface area (TPSA) is 71.8 Å². The van der Waals surface area contributed by atoms with Gasteiger partial charge in [0.2, 0.25) is 6.41 Å². The molecule has 2 aromatic carbocycles. The fourth-order valence-corrected chi connectivity index (χ4v) is 5.01. The van der Waals surface area contributed by atoms with Crippen LogP contribution in [-0.4, -0.2) is 53.7 Å². The van der Waals surface area contributed by atoms with Crippen LogP contribution in [0.15, 0.2) is 48.8 Å². The minimum absolute atomic E-state index is 0.0612. The molecule has 9 heteroatoms. The molecule has 3 heterocycles. The van der Waals surface area contributed by atoms with Gasteiger partial charge in [-0.05, 0) is 69.1 Å². The maximum Gasteiger partial charge on any atom is 0.237 e. The summed E-state index contributed by atoms with van der Waals surface area (Å²) in [5.74, 6) is 0.754. The molecule has 4 atom stereocenters. The van der Waals surface area contributed by atoms with Crippen LogP contribution in [0.25, 0.3) is 11.1 Å². The maximum atomic E-state index is 14.5. The number of methoxy groups -OCH3 is 1. The van der Waals surface area contributed by atoms with Crippen molar-refractivity contribution in [1.29, 1.82) is 0 Å². The summed E-state index contributed by atoms with van der Waals surface area (Å²) in [6, 6.07) is 9.47. The average Bonchev–Trinajstić information content (AvgIpc) is 3.35. The van der Waals surface area contributed by atoms with E-state index in [1.807, 2.05) is 30.2 Å². The van der Waals surface area contributed by atoms with E-state index in [1.165, 1.54) is 19.2 Å². The lowest BCUT2D eigenvalue weighted by molar-refractivity contribution is -0.0795. The standard InChI is InChI=1S/C26H30F2N4O3/c1-16-3-8-21-23(32(16)26(33)34-2)10-9-20(25(21)35-19-6-4-18(27)5-7-19)17-13-30-31(15-17)24-11-12-29-14-22(24)28/h4-7,9-10,13,15-16,22,24,26,29,33H,3,8,11-12,14H2,1-2H3/t16-,22+,24-,26?/m0/s1. The monoisotopic (exact) mass is 484 g/mol. The quantitative estimate of drug-likeness (QED) is 0.505. The first-order chi connectivity index (χ1) is 17.0. The number of aliphatic hydroxyl groups excluding tert-OH is 1. The van der Waals surface area contributed by atoms with E-state index in [-0.39, 0.29) is 17.9 Å². The van der Waals surface area contributed by atoms with Gasteiger partial charge < -0.3 is 24.8 Å². The summed E-state index contributed by atoms with van der Waals surface area (Å²) in [5, 5.41) is 18.1. The molecule has 0 saturated carbocycles. The summed E-state index contributed by atoms with van der Waals surface area (Å²) in [4.78, 5) is 1.83. The van der Waals surface area contributed by atoms with E-state index >= 15 is 0 Å². The smallest absolute Gasteiger partial charge is 0.237 e. The Hall–Kier alpha value is -3.01. The minimum Gasteiger partial charge on any atom is -0.456 e. The van der Waals surface area contributed by atoms with Gasteiger partial charge in [-0.15, -0.1) is 0 Å². The molecule has 2 N–H and O–H groups in total. The fraction of sp³-hybridized carbons (Fsp3) is 0.423. The Morgan fingerprint density at radius 3 is 2.71 bits per heavy atom. The van der Waals surface area contributed by atoms with Crippen molar-refractivity contribution in [3.63, 3.8) is 0 Å². The third-order valence-electron chi connectivity index (χ3n) is 6.91. The van der Waals surface area contributed by atoms with Crippen molar-refractivity contribution in [2.75, 3.05) is 25.1 Å². The van der Waals surface area contributed by atoms with Crippen molar-refractivity contribution in [2.45, 2.75) is 50.9 Å². The van der Waals surface area contributed by atoms with Crippen LogP contribution in [0.2, 0.25) is 0 Å². The molecule has 0 aliphatic carbocycles. The summed E-state index contributed by atoms with van der Waals surface area (Å²) in [6.07, 6.45) is 3.64. The van der Waals surface area contributed by atoms with Gasteiger partial charge in [-0.25, -0.2) is 8.78 Å². The Balaban J connectivity index is 1.59. The first-order valence-electron chi connectivity index (χ1n) is 11.9. The SMILES string of the molecule is COC(O)N1c2ccc(-c3cnn([C@H]4CCNC[C@H]4F)c3)c(Oc3ccc(F)cc3)c2CC[C@@H]1C. The molecule has 1 saturated heterocycles. The van der Waals surface area contributed by atoms with E-state index in [1.54, 1.807) is 23.0 Å². The zero-order valence-corrected chi connectivity index (χ0v) is 19.8. The number of halogens is 2. The van der Waals surface area contributed by atoms with Gasteiger partial charge in [0.15, 0.2) is 0 Å². The molecule has 2 aliphatic heterocycles. The molecule has 1 aromatic heterocycles. The summed E-state index contributed by atoms with van der Waals surface area (Å²) in [5.41, 5.74) is 3.32. The van der Waals surface area contributed by atoms with Crippen molar-refractivity contribution in [3.8, 4) is 22.6 Å². The second kappa shape index (κ2) is 9.93. The number of anilines is 1. The van der Waals surface area contributed by atoms with Crippen molar-refractivity contribution in [3.05, 3.63) is 60.2 Å². The van der Waals surface area contributed by atoms with Crippen LogP contribution in [0.5, 0.6) is 11.5 Å². The highest BCUT2D eigenvalue weighted by Crippen LogP contribution is 2.45. The molecule has 1 unspecified atom stereocenters. The van der Waals surface area contributed by atoms with Gasteiger partial charge in [-0.1, -0.05) is 0 Å². The Labute approximate surface area is 203 Å². The van der Waals surface area contributed by atoms with Gasteiger partial charge in [-0.3, -0.25) is 4.68 Å². The van der Waals surface area contributed by atoms with Gasteiger partial charge in [0.05, 0.1) is 12.2 Å². The van der Waals surface area contributed by atoms with E-state index in [0.717, 1.165) is 41.8 Å². The van der Waals surface area contributed by atoms with Crippen LogP contribution in [0, 0.1) is 5.82 Å². The van der Waals surface area contributed by atoms with Gasteiger partial charge in [-0.2, -0.15) is 5.10 Å². The van der Waals surface area contributed by atoms with E-state index in [4.69, 9.17) is 9.47 Å². The number of fused-ring (bicyclic) bond motifs is 1. The normalized spacial score (nSPS) is 23.1. The maximum absolute atomic E-state index is 14.5. The molecule has 0 spiro atoms. The number of aromatic nitrogens is 2. The second-order valence-corrected chi connectivity index (χ2v) is 9.14. The summed E-state index contributed by atoms with van der Waals surface area (Å²) >= 11 is 0. The number of alkyl halides is 1. The van der Waals surface area contributed by atoms with Crippen molar-refractivity contribution < 1.29 is 23.4 Å². The van der Waals surface area contributed by atoms with Crippen LogP contribution in [0.4, 0.5) is 14.5 Å². The predicted molar refractivity (Wildman–Crippen MR) is 129 cm³/mol. The lowest BCUT2D eigenvalue weighted by Crippen LogP contribution is -2.46. The molecule has 186 valence electrons. The molecule has 2 aliphatic rings. The number of nitrogens with one attached hydrogen (secondary N) is 1. The number of nitrogens with zero attached hydrogens (tertiary/aromatic N) is 3. The molecule has 35 heavy (non-hydrogen) atoms. The van der Waals surface area contributed by atoms with Crippen molar-refractivity contribution in [2.24, 2.45) is 0 Å². The van der Waals surface area contributed by atoms with Crippen LogP contribution < -0.4 is 15.0 Å². The van der Waals surface area contributed by atoms with E-state index < -0.39 is 12.6 Å². The Kier molecular flexibility index (Phi) is 6.73. The molecular formula is C26H30F2N4O3. The third kappa shape index (κ3) is 4.63. The minimum atomic E-state index is -1.10. The molecule has 0 radical (unpaired) electrons. The van der Waals surface area contributed by atoms with E-state index in [9.17, 15) is 13.9 Å². The van der Waals surface area contributed by atoms with Crippen LogP contribution in [0.1, 0.15) is 31.4 Å². The highest BCUT2D eigenvalue weighted by atomic mass is 19.1. The first kappa shape index (κ1) is 23.7. The number of rotatable bonds is 6. The summed E-state index contributed by atoms with van der Waals surface area (Å²) in [6.45, 7) is 3.09. The number of hydrogen-bond donors (Lipinski definition) is 2. The first-order valence-corrected chi connectivity index (χ1v) is 11.9. The average molecular weight is 485 g/mol. The summed E-state index contributed by atoms with van der Waals surface area (Å²) < 4.78 is 41.3. The van der Waals surface area contributed by atoms with Crippen LogP contribution >= 0.6 is 0 Å². The Bertz CT molecular complexity index is 1170. The molecule has 7 nitrogen and oxygen atoms in total. The van der Waals surface area contributed by atoms with E-state index in [0.29, 0.717) is 24.5 Å². The number of hydrogen-bond acceptors (Lipinski definition) is 6. The van der Waals surface area contributed by atoms with Crippen molar-refractivity contribution in [1.82, 2.24) is 15.1 Å². The second-order valence-electron chi connectivity index (χ2n) is 9.14. The van der Waals surface area contributed by atoms with Gasteiger partial charge in [0.25, 0.3) is 0 Å². The van der Waals surface area contributed by atoms with Crippen LogP contribution in [-0.2, 0) is 11.2 Å². The van der Waals surface area contributed by atoms with Gasteiger partial charge in [0, 0.05) is 48.3 Å². The molecular weight excluding hydrogens is 454 g/mol. The van der Waals surface area contributed by atoms with Crippen molar-refractivity contribution >= 4 is 5.69 Å². The Morgan fingerprint density at radius 2 is 1.97 bits per heavy atom. The third-order valence-corrected chi connectivity index (χ3v) is 6.91. The zero-order valence-electron chi connectivity index (χ0n) is 19.8. The number of aliphatic hydroxyl groups is 1. The zero-order chi connectivity index (χ0) is 24.5. The molecule has 0 amide bonds. The molecule has 5 rings (SSSR count). The molecule has 3 aromatic rings. The van der Waals surface area contributed by atoms with Gasteiger partial charge in [0.1, 0.15) is 23.5 Å². The highest BCUT2D eigenvalue weighted by Gasteiger charge is 2.32. The summed E-state index contributed by atoms with van der Waals surface area (Å²) in [7, 11) is 1.46. The Morgan fingerprint density at radius 1 is 1.17 bits per heavy atom. The van der Waals surface area contributed by atoms with Gasteiger partial charge >= 0.3 is 0 Å². The molecule has 1 fully saturated rings. The largest absolute Gasteiger partial charge is 0.456 e.